The third-order valence-electron chi connectivity index (χ3n) is 1.50. The minimum atomic E-state index is -0.487. The van der Waals surface area contributed by atoms with Crippen LogP contribution in [0.25, 0.3) is 5.65 Å². The van der Waals surface area contributed by atoms with E-state index in [1.165, 1.54) is 10.6 Å². The summed E-state index contributed by atoms with van der Waals surface area (Å²) in [5, 5.41) is 3.62. The Hall–Kier alpha value is -1.45. The monoisotopic (exact) mass is 181 g/mol. The molecule has 0 aromatic carbocycles. The van der Waals surface area contributed by atoms with Crippen molar-refractivity contribution in [1.29, 1.82) is 0 Å². The van der Waals surface area contributed by atoms with E-state index in [9.17, 15) is 4.39 Å². The lowest BCUT2D eigenvalue weighted by Crippen LogP contribution is -1.95. The molecule has 0 radical (unpaired) electrons. The van der Waals surface area contributed by atoms with Crippen LogP contribution in [0.2, 0.25) is 0 Å². The normalized spacial score (nSPS) is 9.54. The van der Waals surface area contributed by atoms with Gasteiger partial charge in [0.2, 0.25) is 5.95 Å². The summed E-state index contributed by atoms with van der Waals surface area (Å²) in [7, 11) is 0. The van der Waals surface area contributed by atoms with Gasteiger partial charge in [-0.15, -0.1) is 5.10 Å². The quantitative estimate of drug-likeness (QED) is 0.623. The van der Waals surface area contributed by atoms with Gasteiger partial charge < -0.3 is 0 Å². The second-order valence-electron chi connectivity index (χ2n) is 2.33. The van der Waals surface area contributed by atoms with Crippen LogP contribution in [-0.4, -0.2) is 14.6 Å². The molecule has 0 aliphatic rings. The molecule has 2 heterocycles. The van der Waals surface area contributed by atoms with Gasteiger partial charge in [-0.05, 0) is 19.1 Å². The molecule has 0 aliphatic heterocycles. The molecule has 0 amide bonds. The van der Waals surface area contributed by atoms with Crippen LogP contribution in [-0.2, 0) is 0 Å². The topological polar surface area (TPSA) is 30.2 Å². The number of imidazole rings is 1. The predicted octanol–water partition coefficient (Wildman–Crippen LogP) is 2.20. The van der Waals surface area contributed by atoms with Gasteiger partial charge in [0.1, 0.15) is 0 Å². The molecule has 0 atom stereocenters. The fraction of sp³-hybridized carbons (Fsp3) is 0.333. The SMILES string of the molecule is CC.Cc1cnc2ccc(F)nn12. The van der Waals surface area contributed by atoms with Crippen molar-refractivity contribution in [2.75, 3.05) is 0 Å². The summed E-state index contributed by atoms with van der Waals surface area (Å²) in [5.41, 5.74) is 1.50. The van der Waals surface area contributed by atoms with Crippen molar-refractivity contribution in [2.24, 2.45) is 0 Å². The van der Waals surface area contributed by atoms with Crippen LogP contribution in [0.5, 0.6) is 0 Å². The number of aromatic nitrogens is 3. The Morgan fingerprint density at radius 2 is 2.00 bits per heavy atom. The van der Waals surface area contributed by atoms with Crippen LogP contribution in [0.4, 0.5) is 4.39 Å². The smallest absolute Gasteiger partial charge is 0.231 e. The predicted molar refractivity (Wildman–Crippen MR) is 49.0 cm³/mol. The van der Waals surface area contributed by atoms with Crippen LogP contribution in [0.15, 0.2) is 18.3 Å². The van der Waals surface area contributed by atoms with Crippen molar-refractivity contribution >= 4 is 5.65 Å². The van der Waals surface area contributed by atoms with Gasteiger partial charge in [-0.3, -0.25) is 0 Å². The molecule has 70 valence electrons. The van der Waals surface area contributed by atoms with E-state index in [0.717, 1.165) is 5.69 Å². The van der Waals surface area contributed by atoms with Crippen molar-refractivity contribution in [2.45, 2.75) is 20.8 Å². The molecule has 0 unspecified atom stereocenters. The molecule has 2 rings (SSSR count). The summed E-state index contributed by atoms with van der Waals surface area (Å²) in [4.78, 5) is 3.99. The lowest BCUT2D eigenvalue weighted by atomic mass is 10.5. The third kappa shape index (κ3) is 1.83. The first-order valence-electron chi connectivity index (χ1n) is 4.24. The molecule has 13 heavy (non-hydrogen) atoms. The molecule has 0 saturated carbocycles. The van der Waals surface area contributed by atoms with Gasteiger partial charge in [-0.1, -0.05) is 13.8 Å². The van der Waals surface area contributed by atoms with Crippen molar-refractivity contribution in [1.82, 2.24) is 14.6 Å². The number of rotatable bonds is 0. The third-order valence-corrected chi connectivity index (χ3v) is 1.50. The van der Waals surface area contributed by atoms with Gasteiger partial charge in [-0.2, -0.15) is 4.39 Å². The van der Waals surface area contributed by atoms with E-state index in [4.69, 9.17) is 0 Å². The highest BCUT2D eigenvalue weighted by atomic mass is 19.1. The maximum absolute atomic E-state index is 12.5. The summed E-state index contributed by atoms with van der Waals surface area (Å²) < 4.78 is 14.0. The van der Waals surface area contributed by atoms with Gasteiger partial charge in [-0.25, -0.2) is 9.50 Å². The van der Waals surface area contributed by atoms with Crippen LogP contribution < -0.4 is 0 Å². The van der Waals surface area contributed by atoms with E-state index in [1.807, 2.05) is 20.8 Å². The van der Waals surface area contributed by atoms with Gasteiger partial charge in [0, 0.05) is 0 Å². The molecule has 2 aromatic rings. The Morgan fingerprint density at radius 3 is 2.69 bits per heavy atom. The molecule has 0 fully saturated rings. The first kappa shape index (κ1) is 9.64. The summed E-state index contributed by atoms with van der Waals surface area (Å²) in [6.07, 6.45) is 1.65. The zero-order valence-corrected chi connectivity index (χ0v) is 7.95. The van der Waals surface area contributed by atoms with E-state index < -0.39 is 5.95 Å². The molecule has 3 nitrogen and oxygen atoms in total. The van der Waals surface area contributed by atoms with Gasteiger partial charge >= 0.3 is 0 Å². The fourth-order valence-electron chi connectivity index (χ4n) is 0.966. The maximum atomic E-state index is 12.5. The fourth-order valence-corrected chi connectivity index (χ4v) is 0.966. The number of nitrogens with zero attached hydrogens (tertiary/aromatic N) is 3. The lowest BCUT2D eigenvalue weighted by Gasteiger charge is -1.92. The van der Waals surface area contributed by atoms with E-state index in [-0.39, 0.29) is 0 Å². The molecular weight excluding hydrogens is 169 g/mol. The largest absolute Gasteiger partial charge is 0.235 e. The molecule has 4 heteroatoms. The van der Waals surface area contributed by atoms with Crippen LogP contribution >= 0.6 is 0 Å². The molecule has 0 N–H and O–H groups in total. The van der Waals surface area contributed by atoms with Crippen molar-refractivity contribution < 1.29 is 4.39 Å². The Labute approximate surface area is 76.2 Å². The molecule has 0 spiro atoms. The minimum Gasteiger partial charge on any atom is -0.235 e. The summed E-state index contributed by atoms with van der Waals surface area (Å²) in [5.74, 6) is -0.487. The van der Waals surface area contributed by atoms with Crippen LogP contribution in [0.3, 0.4) is 0 Å². The van der Waals surface area contributed by atoms with Gasteiger partial charge in [0.05, 0.1) is 11.9 Å². The Balaban J connectivity index is 0.000000396. The van der Waals surface area contributed by atoms with Crippen molar-refractivity contribution in [3.63, 3.8) is 0 Å². The molecule has 0 saturated heterocycles. The average molecular weight is 181 g/mol. The highest BCUT2D eigenvalue weighted by Crippen LogP contribution is 2.02. The molecule has 2 aromatic heterocycles. The molecule has 0 aliphatic carbocycles. The van der Waals surface area contributed by atoms with E-state index in [2.05, 4.69) is 10.1 Å². The summed E-state index contributed by atoms with van der Waals surface area (Å²) >= 11 is 0. The minimum absolute atomic E-state index is 0.487. The zero-order valence-electron chi connectivity index (χ0n) is 7.95. The second-order valence-corrected chi connectivity index (χ2v) is 2.33. The van der Waals surface area contributed by atoms with E-state index in [1.54, 1.807) is 12.3 Å². The number of aryl methyl sites for hydroxylation is 1. The highest BCUT2D eigenvalue weighted by molar-refractivity contribution is 5.37. The summed E-state index contributed by atoms with van der Waals surface area (Å²) in [6.45, 7) is 5.83. The molecule has 0 bridgehead atoms. The van der Waals surface area contributed by atoms with Crippen LogP contribution in [0, 0.1) is 12.9 Å². The lowest BCUT2D eigenvalue weighted by molar-refractivity contribution is 0.553. The Bertz CT molecular complexity index is 395. The first-order valence-corrected chi connectivity index (χ1v) is 4.24. The van der Waals surface area contributed by atoms with E-state index >= 15 is 0 Å². The average Bonchev–Trinajstić information content (AvgIpc) is 2.52. The van der Waals surface area contributed by atoms with Crippen molar-refractivity contribution in [3.8, 4) is 0 Å². The van der Waals surface area contributed by atoms with Gasteiger partial charge in [0.15, 0.2) is 5.65 Å². The number of hydrogen-bond acceptors (Lipinski definition) is 2. The van der Waals surface area contributed by atoms with Gasteiger partial charge in [0.25, 0.3) is 0 Å². The maximum Gasteiger partial charge on any atom is 0.231 e. The molecular formula is C9H12FN3. The number of halogens is 1. The number of hydrogen-bond donors (Lipinski definition) is 0. The first-order chi connectivity index (χ1) is 6.27. The van der Waals surface area contributed by atoms with Crippen LogP contribution in [0.1, 0.15) is 19.5 Å². The Kier molecular flexibility index (Phi) is 2.95. The van der Waals surface area contributed by atoms with Crippen molar-refractivity contribution in [3.05, 3.63) is 30.0 Å². The second kappa shape index (κ2) is 3.98. The summed E-state index contributed by atoms with van der Waals surface area (Å²) in [6, 6.07) is 2.89. The van der Waals surface area contributed by atoms with E-state index in [0.29, 0.717) is 5.65 Å². The highest BCUT2D eigenvalue weighted by Gasteiger charge is 1.99. The Morgan fingerprint density at radius 1 is 1.31 bits per heavy atom. The number of fused-ring (bicyclic) bond motifs is 1. The zero-order chi connectivity index (χ0) is 9.84. The standard InChI is InChI=1S/C7H6FN3.C2H6/c1-5-4-9-7-3-2-6(8)10-11(5)7;1-2/h2-4H,1H3;1-2H3.